The van der Waals surface area contributed by atoms with Crippen LogP contribution < -0.4 is 5.32 Å². The van der Waals surface area contributed by atoms with Crippen LogP contribution in [0.2, 0.25) is 0 Å². The molecule has 2 aromatic rings. The molecule has 1 unspecified atom stereocenters. The summed E-state index contributed by atoms with van der Waals surface area (Å²) in [6, 6.07) is -0.901. The number of aryl methyl sites for hydroxylation is 1. The molecule has 0 aliphatic carbocycles. The molecule has 0 saturated heterocycles. The van der Waals surface area contributed by atoms with E-state index >= 15 is 0 Å². The Morgan fingerprint density at radius 1 is 1.61 bits per heavy atom. The van der Waals surface area contributed by atoms with Crippen molar-refractivity contribution in [2.24, 2.45) is 0 Å². The number of carboxylic acid groups (broad SMARTS) is 1. The molecule has 2 rings (SSSR count). The maximum atomic E-state index is 11.0. The summed E-state index contributed by atoms with van der Waals surface area (Å²) < 4.78 is 9.81. The van der Waals surface area contributed by atoms with Crippen molar-refractivity contribution in [3.05, 3.63) is 12.0 Å². The normalized spacial score (nSPS) is 12.6. The fourth-order valence-electron chi connectivity index (χ4n) is 1.54. The Labute approximate surface area is 102 Å². The van der Waals surface area contributed by atoms with Gasteiger partial charge in [-0.3, -0.25) is 0 Å². The molecule has 2 aromatic heterocycles. The van der Waals surface area contributed by atoms with E-state index in [1.807, 2.05) is 0 Å². The van der Waals surface area contributed by atoms with E-state index in [-0.39, 0.29) is 6.61 Å². The molecule has 1 atom stereocenters. The molecule has 0 aromatic carbocycles. The van der Waals surface area contributed by atoms with Gasteiger partial charge in [-0.2, -0.15) is 4.98 Å². The first-order valence-corrected chi connectivity index (χ1v) is 5.18. The molecule has 0 amide bonds. The average molecular weight is 252 g/mol. The van der Waals surface area contributed by atoms with Crippen molar-refractivity contribution in [1.82, 2.24) is 15.1 Å². The molecule has 0 bridgehead atoms. The van der Waals surface area contributed by atoms with Crippen LogP contribution in [0, 0.1) is 6.92 Å². The Morgan fingerprint density at radius 3 is 3.06 bits per heavy atom. The van der Waals surface area contributed by atoms with Crippen LogP contribution in [0.25, 0.3) is 11.1 Å². The highest BCUT2D eigenvalue weighted by Gasteiger charge is 2.20. The number of carboxylic acids is 1. The van der Waals surface area contributed by atoms with E-state index < -0.39 is 12.0 Å². The lowest BCUT2D eigenvalue weighted by Gasteiger charge is -2.14. The molecule has 8 nitrogen and oxygen atoms in total. The van der Waals surface area contributed by atoms with Gasteiger partial charge in [-0.1, -0.05) is 5.16 Å². The van der Waals surface area contributed by atoms with E-state index in [2.05, 4.69) is 20.4 Å². The summed E-state index contributed by atoms with van der Waals surface area (Å²) >= 11 is 0. The number of anilines is 1. The minimum Gasteiger partial charge on any atom is -0.480 e. The number of carbonyl (C=O) groups is 1. The number of rotatable bonds is 5. The molecule has 0 fully saturated rings. The number of hydrogen-bond donors (Lipinski definition) is 2. The molecule has 96 valence electrons. The van der Waals surface area contributed by atoms with Gasteiger partial charge in [0.15, 0.2) is 0 Å². The zero-order chi connectivity index (χ0) is 13.1. The summed E-state index contributed by atoms with van der Waals surface area (Å²) in [5.74, 6) is -0.666. The molecule has 0 aliphatic heterocycles. The lowest BCUT2D eigenvalue weighted by atomic mass is 10.2. The van der Waals surface area contributed by atoms with Crippen LogP contribution in [0.15, 0.2) is 10.9 Å². The molecule has 0 spiro atoms. The average Bonchev–Trinajstić information content (AvgIpc) is 2.71. The standard InChI is InChI=1S/C10H12N4O4/c1-5-7-8(11-4-12-9(7)18-14-5)13-6(3-17-2)10(15)16/h4,6H,3H2,1-2H3,(H,15,16)(H,11,12,13). The Balaban J connectivity index is 2.35. The molecule has 2 N–H and O–H groups in total. The van der Waals surface area contributed by atoms with Gasteiger partial charge in [-0.25, -0.2) is 9.78 Å². The van der Waals surface area contributed by atoms with Crippen molar-refractivity contribution in [1.29, 1.82) is 0 Å². The van der Waals surface area contributed by atoms with Gasteiger partial charge in [0.1, 0.15) is 23.6 Å². The Kier molecular flexibility index (Phi) is 3.38. The van der Waals surface area contributed by atoms with Crippen LogP contribution >= 0.6 is 0 Å². The summed E-state index contributed by atoms with van der Waals surface area (Å²) in [5, 5.41) is 16.1. The molecule has 0 radical (unpaired) electrons. The van der Waals surface area contributed by atoms with E-state index in [1.165, 1.54) is 13.4 Å². The third kappa shape index (κ3) is 2.23. The Bertz CT molecular complexity index is 568. The highest BCUT2D eigenvalue weighted by molar-refractivity contribution is 5.89. The van der Waals surface area contributed by atoms with Crippen LogP contribution in [-0.4, -0.2) is 46.0 Å². The van der Waals surface area contributed by atoms with Crippen molar-refractivity contribution in [3.63, 3.8) is 0 Å². The van der Waals surface area contributed by atoms with Gasteiger partial charge < -0.3 is 19.7 Å². The number of fused-ring (bicyclic) bond motifs is 1. The monoisotopic (exact) mass is 252 g/mol. The van der Waals surface area contributed by atoms with Gasteiger partial charge in [0.2, 0.25) is 0 Å². The second-order valence-corrected chi connectivity index (χ2v) is 3.66. The molecule has 0 aliphatic rings. The molecule has 18 heavy (non-hydrogen) atoms. The number of hydrogen-bond acceptors (Lipinski definition) is 7. The SMILES string of the molecule is COCC(Nc1ncnc2onc(C)c12)C(=O)O. The zero-order valence-corrected chi connectivity index (χ0v) is 9.88. The van der Waals surface area contributed by atoms with E-state index in [4.69, 9.17) is 14.4 Å². The number of nitrogens with one attached hydrogen (secondary N) is 1. The van der Waals surface area contributed by atoms with Gasteiger partial charge in [0, 0.05) is 7.11 Å². The van der Waals surface area contributed by atoms with Gasteiger partial charge in [-0.05, 0) is 6.92 Å². The quantitative estimate of drug-likeness (QED) is 0.788. The van der Waals surface area contributed by atoms with Crippen LogP contribution in [-0.2, 0) is 9.53 Å². The second-order valence-electron chi connectivity index (χ2n) is 3.66. The van der Waals surface area contributed by atoms with Crippen molar-refractivity contribution < 1.29 is 19.2 Å². The first-order chi connectivity index (χ1) is 8.63. The minimum absolute atomic E-state index is 0.0190. The number of ether oxygens (including phenoxy) is 1. The van der Waals surface area contributed by atoms with Crippen molar-refractivity contribution >= 4 is 22.9 Å². The second kappa shape index (κ2) is 4.96. The Morgan fingerprint density at radius 2 is 2.39 bits per heavy atom. The highest BCUT2D eigenvalue weighted by atomic mass is 16.5. The number of aromatic nitrogens is 3. The zero-order valence-electron chi connectivity index (χ0n) is 9.88. The smallest absolute Gasteiger partial charge is 0.328 e. The highest BCUT2D eigenvalue weighted by Crippen LogP contribution is 2.22. The van der Waals surface area contributed by atoms with Gasteiger partial charge in [0.05, 0.1) is 12.3 Å². The minimum atomic E-state index is -1.03. The van der Waals surface area contributed by atoms with Crippen LogP contribution in [0.4, 0.5) is 5.82 Å². The van der Waals surface area contributed by atoms with Gasteiger partial charge in [0.25, 0.3) is 5.71 Å². The summed E-state index contributed by atoms with van der Waals surface area (Å²) in [6.45, 7) is 1.75. The molecule has 0 saturated carbocycles. The van der Waals surface area contributed by atoms with E-state index in [9.17, 15) is 4.79 Å². The van der Waals surface area contributed by atoms with Crippen molar-refractivity contribution in [2.75, 3.05) is 19.0 Å². The van der Waals surface area contributed by atoms with Gasteiger partial charge >= 0.3 is 5.97 Å². The van der Waals surface area contributed by atoms with Crippen LogP contribution in [0.5, 0.6) is 0 Å². The number of aliphatic carboxylic acids is 1. The first kappa shape index (κ1) is 12.2. The van der Waals surface area contributed by atoms with Crippen molar-refractivity contribution in [2.45, 2.75) is 13.0 Å². The molecule has 2 heterocycles. The van der Waals surface area contributed by atoms with E-state index in [0.717, 1.165) is 0 Å². The predicted molar refractivity (Wildman–Crippen MR) is 61.3 cm³/mol. The van der Waals surface area contributed by atoms with E-state index in [1.54, 1.807) is 6.92 Å². The topological polar surface area (TPSA) is 110 Å². The maximum absolute atomic E-state index is 11.0. The fraction of sp³-hybridized carbons (Fsp3) is 0.400. The molecular weight excluding hydrogens is 240 g/mol. The lowest BCUT2D eigenvalue weighted by Crippen LogP contribution is -2.34. The van der Waals surface area contributed by atoms with Crippen molar-refractivity contribution in [3.8, 4) is 0 Å². The number of methoxy groups -OCH3 is 1. The third-order valence-electron chi connectivity index (χ3n) is 2.39. The molecular formula is C10H12N4O4. The fourth-order valence-corrected chi connectivity index (χ4v) is 1.54. The summed E-state index contributed by atoms with van der Waals surface area (Å²) in [5.41, 5.74) is 0.904. The van der Waals surface area contributed by atoms with Gasteiger partial charge in [-0.15, -0.1) is 0 Å². The summed E-state index contributed by atoms with van der Waals surface area (Å²) in [6.07, 6.45) is 1.28. The summed E-state index contributed by atoms with van der Waals surface area (Å²) in [4.78, 5) is 18.9. The Hall–Kier alpha value is -2.22. The third-order valence-corrected chi connectivity index (χ3v) is 2.39. The van der Waals surface area contributed by atoms with E-state index in [0.29, 0.717) is 22.6 Å². The van der Waals surface area contributed by atoms with Crippen LogP contribution in [0.1, 0.15) is 5.69 Å². The lowest BCUT2D eigenvalue weighted by molar-refractivity contribution is -0.139. The maximum Gasteiger partial charge on any atom is 0.328 e. The predicted octanol–water partition coefficient (Wildman–Crippen LogP) is 0.438. The molecule has 8 heteroatoms. The summed E-state index contributed by atoms with van der Waals surface area (Å²) in [7, 11) is 1.43. The largest absolute Gasteiger partial charge is 0.480 e. The van der Waals surface area contributed by atoms with Crippen LogP contribution in [0.3, 0.4) is 0 Å². The number of nitrogens with zero attached hydrogens (tertiary/aromatic N) is 3. The first-order valence-electron chi connectivity index (χ1n) is 5.18.